The van der Waals surface area contributed by atoms with Gasteiger partial charge in [0.2, 0.25) is 5.88 Å². The van der Waals surface area contributed by atoms with Crippen LogP contribution in [0.25, 0.3) is 0 Å². The molecule has 20 heavy (non-hydrogen) atoms. The predicted molar refractivity (Wildman–Crippen MR) is 69.0 cm³/mol. The molecule has 1 heterocycles. The van der Waals surface area contributed by atoms with E-state index in [4.69, 9.17) is 4.74 Å². The smallest absolute Gasteiger partial charge is 0.213 e. The van der Waals surface area contributed by atoms with Crippen molar-refractivity contribution in [3.8, 4) is 5.88 Å². The van der Waals surface area contributed by atoms with E-state index in [0.29, 0.717) is 23.7 Å². The molecule has 2 aromatic rings. The molecule has 0 spiro atoms. The van der Waals surface area contributed by atoms with E-state index in [0.717, 1.165) is 12.1 Å². The number of pyridine rings is 1. The van der Waals surface area contributed by atoms with Gasteiger partial charge in [0.15, 0.2) is 17.5 Å². The standard InChI is InChI=1S/C14H13F3N2O/c1-2-20-13-4-3-10(8-19-13)18-7-9-5-11(15)14(17)12(16)6-9/h3-6,8,18H,2,7H2,1H3. The molecule has 1 aromatic carbocycles. The number of hydrogen-bond acceptors (Lipinski definition) is 3. The van der Waals surface area contributed by atoms with Gasteiger partial charge in [-0.05, 0) is 30.7 Å². The molecule has 1 aromatic heterocycles. The fourth-order valence-electron chi connectivity index (χ4n) is 1.63. The van der Waals surface area contributed by atoms with Crippen molar-refractivity contribution in [2.75, 3.05) is 11.9 Å². The maximum absolute atomic E-state index is 13.0. The first kappa shape index (κ1) is 14.2. The zero-order valence-corrected chi connectivity index (χ0v) is 10.8. The normalized spacial score (nSPS) is 10.4. The first-order chi connectivity index (χ1) is 9.60. The molecule has 0 bridgehead atoms. The molecule has 0 aliphatic heterocycles. The molecular weight excluding hydrogens is 269 g/mol. The van der Waals surface area contributed by atoms with Crippen molar-refractivity contribution in [2.45, 2.75) is 13.5 Å². The van der Waals surface area contributed by atoms with Gasteiger partial charge in [0.25, 0.3) is 0 Å². The number of anilines is 1. The predicted octanol–water partition coefficient (Wildman–Crippen LogP) is 3.51. The van der Waals surface area contributed by atoms with Gasteiger partial charge in [-0.15, -0.1) is 0 Å². The van der Waals surface area contributed by atoms with E-state index in [-0.39, 0.29) is 6.54 Å². The first-order valence-electron chi connectivity index (χ1n) is 6.06. The Morgan fingerprint density at radius 1 is 1.15 bits per heavy atom. The van der Waals surface area contributed by atoms with Crippen LogP contribution in [0.1, 0.15) is 12.5 Å². The summed E-state index contributed by atoms with van der Waals surface area (Å²) in [6.07, 6.45) is 1.54. The van der Waals surface area contributed by atoms with Crippen LogP contribution in [0, 0.1) is 17.5 Å². The van der Waals surface area contributed by atoms with Crippen LogP contribution in [0.15, 0.2) is 30.5 Å². The van der Waals surface area contributed by atoms with Crippen molar-refractivity contribution in [1.29, 1.82) is 0 Å². The molecule has 0 fully saturated rings. The van der Waals surface area contributed by atoms with E-state index in [2.05, 4.69) is 10.3 Å². The quantitative estimate of drug-likeness (QED) is 0.852. The van der Waals surface area contributed by atoms with Gasteiger partial charge < -0.3 is 10.1 Å². The van der Waals surface area contributed by atoms with Gasteiger partial charge in [0.1, 0.15) is 0 Å². The van der Waals surface area contributed by atoms with Crippen molar-refractivity contribution >= 4 is 5.69 Å². The van der Waals surface area contributed by atoms with Crippen LogP contribution < -0.4 is 10.1 Å². The van der Waals surface area contributed by atoms with Gasteiger partial charge in [-0.3, -0.25) is 0 Å². The fourth-order valence-corrected chi connectivity index (χ4v) is 1.63. The number of nitrogens with one attached hydrogen (secondary N) is 1. The highest BCUT2D eigenvalue weighted by Gasteiger charge is 2.10. The number of halogens is 3. The van der Waals surface area contributed by atoms with Crippen molar-refractivity contribution in [3.05, 3.63) is 53.5 Å². The maximum atomic E-state index is 13.0. The molecular formula is C14H13F3N2O. The molecule has 0 amide bonds. The van der Waals surface area contributed by atoms with Gasteiger partial charge in [-0.1, -0.05) is 0 Å². The fraction of sp³-hybridized carbons (Fsp3) is 0.214. The van der Waals surface area contributed by atoms with Crippen molar-refractivity contribution in [3.63, 3.8) is 0 Å². The third kappa shape index (κ3) is 3.40. The summed E-state index contributed by atoms with van der Waals surface area (Å²) in [5.74, 6) is -3.37. The molecule has 6 heteroatoms. The maximum Gasteiger partial charge on any atom is 0.213 e. The summed E-state index contributed by atoms with van der Waals surface area (Å²) in [6.45, 7) is 2.53. The second kappa shape index (κ2) is 6.27. The molecule has 0 atom stereocenters. The van der Waals surface area contributed by atoms with E-state index in [1.54, 1.807) is 18.3 Å². The molecule has 0 aliphatic carbocycles. The van der Waals surface area contributed by atoms with Crippen LogP contribution in [0.4, 0.5) is 18.9 Å². The molecule has 0 aliphatic rings. The Hall–Kier alpha value is -2.24. The van der Waals surface area contributed by atoms with Gasteiger partial charge in [-0.25, -0.2) is 18.2 Å². The summed E-state index contributed by atoms with van der Waals surface area (Å²) >= 11 is 0. The lowest BCUT2D eigenvalue weighted by Gasteiger charge is -2.08. The first-order valence-corrected chi connectivity index (χ1v) is 6.06. The van der Waals surface area contributed by atoms with Crippen LogP contribution in [-0.2, 0) is 6.54 Å². The Bertz CT molecular complexity index is 564. The number of hydrogen-bond donors (Lipinski definition) is 1. The Kier molecular flexibility index (Phi) is 4.45. The number of aromatic nitrogens is 1. The highest BCUT2D eigenvalue weighted by molar-refractivity contribution is 5.42. The minimum absolute atomic E-state index is 0.157. The lowest BCUT2D eigenvalue weighted by Crippen LogP contribution is -2.03. The van der Waals surface area contributed by atoms with Gasteiger partial charge >= 0.3 is 0 Å². The van der Waals surface area contributed by atoms with Gasteiger partial charge in [0.05, 0.1) is 18.5 Å². The summed E-state index contributed by atoms with van der Waals surface area (Å²) in [5.41, 5.74) is 0.967. The molecule has 0 saturated heterocycles. The van der Waals surface area contributed by atoms with Gasteiger partial charge in [0, 0.05) is 12.6 Å². The number of rotatable bonds is 5. The van der Waals surface area contributed by atoms with Gasteiger partial charge in [-0.2, -0.15) is 0 Å². The lowest BCUT2D eigenvalue weighted by atomic mass is 10.2. The molecule has 106 valence electrons. The Labute approximate surface area is 114 Å². The monoisotopic (exact) mass is 282 g/mol. The van der Waals surface area contributed by atoms with E-state index < -0.39 is 17.5 Å². The van der Waals surface area contributed by atoms with Crippen LogP contribution in [0.2, 0.25) is 0 Å². The SMILES string of the molecule is CCOc1ccc(NCc2cc(F)c(F)c(F)c2)cn1. The molecule has 1 N–H and O–H groups in total. The molecule has 0 saturated carbocycles. The average molecular weight is 282 g/mol. The zero-order chi connectivity index (χ0) is 14.5. The number of benzene rings is 1. The Balaban J connectivity index is 2.01. The molecule has 0 unspecified atom stereocenters. The molecule has 0 radical (unpaired) electrons. The minimum atomic E-state index is -1.46. The third-order valence-corrected chi connectivity index (χ3v) is 2.57. The van der Waals surface area contributed by atoms with E-state index in [9.17, 15) is 13.2 Å². The van der Waals surface area contributed by atoms with Crippen LogP contribution in [-0.4, -0.2) is 11.6 Å². The minimum Gasteiger partial charge on any atom is -0.478 e. The topological polar surface area (TPSA) is 34.1 Å². The Morgan fingerprint density at radius 2 is 1.85 bits per heavy atom. The average Bonchev–Trinajstić information content (AvgIpc) is 2.44. The third-order valence-electron chi connectivity index (χ3n) is 2.57. The van der Waals surface area contributed by atoms with Crippen molar-refractivity contribution < 1.29 is 17.9 Å². The number of ether oxygens (including phenoxy) is 1. The summed E-state index contributed by atoms with van der Waals surface area (Å²) in [7, 11) is 0. The van der Waals surface area contributed by atoms with Crippen molar-refractivity contribution in [1.82, 2.24) is 4.98 Å². The van der Waals surface area contributed by atoms with E-state index in [1.165, 1.54) is 0 Å². The van der Waals surface area contributed by atoms with Crippen LogP contribution >= 0.6 is 0 Å². The highest BCUT2D eigenvalue weighted by Crippen LogP contribution is 2.16. The zero-order valence-electron chi connectivity index (χ0n) is 10.8. The second-order valence-corrected chi connectivity index (χ2v) is 4.05. The van der Waals surface area contributed by atoms with Crippen molar-refractivity contribution in [2.24, 2.45) is 0 Å². The van der Waals surface area contributed by atoms with E-state index in [1.807, 2.05) is 6.92 Å². The number of nitrogens with zero attached hydrogens (tertiary/aromatic N) is 1. The molecule has 2 rings (SSSR count). The Morgan fingerprint density at radius 3 is 2.40 bits per heavy atom. The highest BCUT2D eigenvalue weighted by atomic mass is 19.2. The summed E-state index contributed by atoms with van der Waals surface area (Å²) in [4.78, 5) is 4.04. The largest absolute Gasteiger partial charge is 0.478 e. The van der Waals surface area contributed by atoms with E-state index >= 15 is 0 Å². The van der Waals surface area contributed by atoms with Crippen LogP contribution in [0.5, 0.6) is 5.88 Å². The summed E-state index contributed by atoms with van der Waals surface area (Å²) < 4.78 is 44.0. The summed E-state index contributed by atoms with van der Waals surface area (Å²) in [6, 6.07) is 5.31. The lowest BCUT2D eigenvalue weighted by molar-refractivity contribution is 0.327. The second-order valence-electron chi connectivity index (χ2n) is 4.05. The van der Waals surface area contributed by atoms with Crippen LogP contribution in [0.3, 0.4) is 0 Å². The molecule has 3 nitrogen and oxygen atoms in total. The summed E-state index contributed by atoms with van der Waals surface area (Å²) in [5, 5.41) is 2.93.